The van der Waals surface area contributed by atoms with Crippen LogP contribution in [0.4, 0.5) is 0 Å². The first-order valence-corrected chi connectivity index (χ1v) is 13.0. The number of aryl methyl sites for hydroxylation is 1. The zero-order valence-electron chi connectivity index (χ0n) is 21.2. The minimum atomic E-state index is -0.641. The van der Waals surface area contributed by atoms with E-state index in [1.54, 1.807) is 0 Å². The van der Waals surface area contributed by atoms with Gasteiger partial charge in [0.05, 0.1) is 17.8 Å². The van der Waals surface area contributed by atoms with Crippen LogP contribution in [0.25, 0.3) is 5.57 Å². The van der Waals surface area contributed by atoms with Crippen LogP contribution < -0.4 is 0 Å². The fourth-order valence-corrected chi connectivity index (χ4v) is 6.41. The highest BCUT2D eigenvalue weighted by Gasteiger charge is 2.45. The molecule has 3 nitrogen and oxygen atoms in total. The molecule has 0 aromatic heterocycles. The van der Waals surface area contributed by atoms with Gasteiger partial charge >= 0.3 is 0 Å². The van der Waals surface area contributed by atoms with E-state index in [1.165, 1.54) is 35.1 Å². The summed E-state index contributed by atoms with van der Waals surface area (Å²) in [6.45, 7) is 10.3. The third-order valence-corrected chi connectivity index (χ3v) is 8.36. The highest BCUT2D eigenvalue weighted by atomic mass is 16.3. The lowest BCUT2D eigenvalue weighted by Gasteiger charge is -2.41. The molecule has 0 amide bonds. The highest BCUT2D eigenvalue weighted by molar-refractivity contribution is 5.75. The summed E-state index contributed by atoms with van der Waals surface area (Å²) in [7, 11) is 0. The Bertz CT molecular complexity index is 1010. The van der Waals surface area contributed by atoms with Gasteiger partial charge < -0.3 is 15.3 Å². The van der Waals surface area contributed by atoms with Crippen molar-refractivity contribution in [3.05, 3.63) is 76.9 Å². The van der Waals surface area contributed by atoms with E-state index in [-0.39, 0.29) is 5.41 Å². The predicted molar refractivity (Wildman–Crippen MR) is 140 cm³/mol. The first kappa shape index (κ1) is 25.2. The Morgan fingerprint density at radius 2 is 1.94 bits per heavy atom. The molecule has 3 heteroatoms. The minimum absolute atomic E-state index is 0.123. The molecule has 0 spiro atoms. The van der Waals surface area contributed by atoms with E-state index in [2.05, 4.69) is 56.0 Å². The van der Waals surface area contributed by atoms with Gasteiger partial charge in [0.25, 0.3) is 0 Å². The smallest absolute Gasteiger partial charge is 0.0811 e. The molecule has 0 heterocycles. The maximum Gasteiger partial charge on any atom is 0.0811 e. The summed E-state index contributed by atoms with van der Waals surface area (Å²) in [5, 5.41) is 30.4. The Morgan fingerprint density at radius 3 is 2.71 bits per heavy atom. The number of fused-ring (bicyclic) bond motifs is 1. The van der Waals surface area contributed by atoms with Gasteiger partial charge in [-0.25, -0.2) is 0 Å². The number of allylic oxidation sites excluding steroid dienone is 5. The van der Waals surface area contributed by atoms with E-state index in [1.807, 2.05) is 13.8 Å². The number of aliphatic hydroxyl groups excluding tert-OH is 2. The zero-order valence-corrected chi connectivity index (χ0v) is 21.2. The van der Waals surface area contributed by atoms with Crippen molar-refractivity contribution < 1.29 is 15.3 Å². The van der Waals surface area contributed by atoms with Crippen molar-refractivity contribution in [3.63, 3.8) is 0 Å². The average molecular weight is 463 g/mol. The highest BCUT2D eigenvalue weighted by Crippen LogP contribution is 2.58. The van der Waals surface area contributed by atoms with Gasteiger partial charge in [0.1, 0.15) is 0 Å². The Morgan fingerprint density at radius 1 is 1.18 bits per heavy atom. The zero-order chi connectivity index (χ0) is 24.5. The van der Waals surface area contributed by atoms with Crippen LogP contribution in [0.5, 0.6) is 0 Å². The predicted octanol–water partition coefficient (Wildman–Crippen LogP) is 6.30. The monoisotopic (exact) mass is 462 g/mol. The van der Waals surface area contributed by atoms with Crippen LogP contribution >= 0.6 is 0 Å². The molecule has 4 rings (SSSR count). The molecule has 4 atom stereocenters. The summed E-state index contributed by atoms with van der Waals surface area (Å²) in [6, 6.07) is 8.83. The van der Waals surface area contributed by atoms with Crippen molar-refractivity contribution in [1.29, 1.82) is 0 Å². The second-order valence-corrected chi connectivity index (χ2v) is 11.6. The molecular weight excluding hydrogens is 420 g/mol. The van der Waals surface area contributed by atoms with E-state index in [0.29, 0.717) is 18.8 Å². The standard InChI is InChI=1S/C31H42O3/c1-21-24(19-25(32)20-29(21)33)14-13-23-11-8-18-31(4)27(23)15-16-28(31)26-12-6-5-9-22(26)10-7-17-30(2,3)34/h5-6,9,12-14,16,25,27,29,32-34H,1,7-8,10-11,15,17-20H2,2-4H3/b23-13+,24-14-/t25-,27+,29+,31+/m1/s1. The Balaban J connectivity index is 1.56. The summed E-state index contributed by atoms with van der Waals surface area (Å²) < 4.78 is 0. The van der Waals surface area contributed by atoms with Crippen LogP contribution in [0.2, 0.25) is 0 Å². The molecule has 0 saturated heterocycles. The van der Waals surface area contributed by atoms with Crippen LogP contribution in [-0.4, -0.2) is 33.1 Å². The van der Waals surface area contributed by atoms with E-state index >= 15 is 0 Å². The van der Waals surface area contributed by atoms with Crippen molar-refractivity contribution in [2.24, 2.45) is 11.3 Å². The normalized spacial score (nSPS) is 32.2. The SMILES string of the molecule is C=C1/C(=C\C=C2/CCC[C@]3(C)C(c4ccccc4CCCC(C)(C)O)=CC[C@@H]23)C[C@@H](O)C[C@@H]1O. The van der Waals surface area contributed by atoms with Gasteiger partial charge in [0.15, 0.2) is 0 Å². The van der Waals surface area contributed by atoms with E-state index < -0.39 is 17.8 Å². The maximum atomic E-state index is 10.2. The Kier molecular flexibility index (Phi) is 7.38. The summed E-state index contributed by atoms with van der Waals surface area (Å²) >= 11 is 0. The molecule has 3 aliphatic rings. The molecule has 0 radical (unpaired) electrons. The van der Waals surface area contributed by atoms with Gasteiger partial charge in [-0.15, -0.1) is 0 Å². The van der Waals surface area contributed by atoms with Gasteiger partial charge in [0, 0.05) is 6.42 Å². The quantitative estimate of drug-likeness (QED) is 0.465. The van der Waals surface area contributed by atoms with Gasteiger partial charge in [-0.1, -0.05) is 61.6 Å². The lowest BCUT2D eigenvalue weighted by molar-refractivity contribution is 0.0689. The van der Waals surface area contributed by atoms with Crippen molar-refractivity contribution in [3.8, 4) is 0 Å². The number of rotatable bonds is 6. The number of hydrogen-bond donors (Lipinski definition) is 3. The van der Waals surface area contributed by atoms with E-state index in [4.69, 9.17) is 0 Å². The molecule has 184 valence electrons. The molecular formula is C31H42O3. The fourth-order valence-electron chi connectivity index (χ4n) is 6.41. The summed E-state index contributed by atoms with van der Waals surface area (Å²) in [6.07, 6.45) is 14.0. The number of aliphatic hydroxyl groups is 3. The molecule has 1 aromatic rings. The largest absolute Gasteiger partial charge is 0.393 e. The van der Waals surface area contributed by atoms with Crippen LogP contribution in [0.1, 0.15) is 83.3 Å². The third kappa shape index (κ3) is 5.32. The van der Waals surface area contributed by atoms with Gasteiger partial charge in [-0.05, 0) is 104 Å². The molecule has 34 heavy (non-hydrogen) atoms. The van der Waals surface area contributed by atoms with Crippen molar-refractivity contribution >= 4 is 5.57 Å². The molecule has 3 N–H and O–H groups in total. The van der Waals surface area contributed by atoms with Crippen LogP contribution in [0, 0.1) is 11.3 Å². The molecule has 1 aromatic carbocycles. The second kappa shape index (κ2) is 9.97. The molecule has 0 bridgehead atoms. The van der Waals surface area contributed by atoms with Gasteiger partial charge in [0.2, 0.25) is 0 Å². The summed E-state index contributed by atoms with van der Waals surface area (Å²) in [5.41, 5.74) is 6.98. The van der Waals surface area contributed by atoms with E-state index in [9.17, 15) is 15.3 Å². The summed E-state index contributed by atoms with van der Waals surface area (Å²) in [5.74, 6) is 0.490. The number of benzene rings is 1. The minimum Gasteiger partial charge on any atom is -0.393 e. The van der Waals surface area contributed by atoms with Gasteiger partial charge in [-0.2, -0.15) is 0 Å². The van der Waals surface area contributed by atoms with E-state index in [0.717, 1.165) is 43.3 Å². The maximum absolute atomic E-state index is 10.2. The first-order valence-electron chi connectivity index (χ1n) is 13.0. The van der Waals surface area contributed by atoms with Crippen molar-refractivity contribution in [2.45, 2.75) is 96.4 Å². The molecule has 2 saturated carbocycles. The topological polar surface area (TPSA) is 60.7 Å². The molecule has 0 unspecified atom stereocenters. The van der Waals surface area contributed by atoms with Crippen molar-refractivity contribution in [2.75, 3.05) is 0 Å². The fraction of sp³-hybridized carbons (Fsp3) is 0.548. The Hall–Kier alpha value is -1.94. The summed E-state index contributed by atoms with van der Waals surface area (Å²) in [4.78, 5) is 0. The lowest BCUT2D eigenvalue weighted by atomic mass is 9.63. The molecule has 0 aliphatic heterocycles. The number of hydrogen-bond acceptors (Lipinski definition) is 3. The van der Waals surface area contributed by atoms with Crippen LogP contribution in [-0.2, 0) is 6.42 Å². The second-order valence-electron chi connectivity index (χ2n) is 11.6. The van der Waals surface area contributed by atoms with Crippen LogP contribution in [0.15, 0.2) is 65.8 Å². The molecule has 2 fully saturated rings. The van der Waals surface area contributed by atoms with Crippen LogP contribution in [0.3, 0.4) is 0 Å². The average Bonchev–Trinajstić information content (AvgIpc) is 3.12. The Labute approximate surface area is 205 Å². The molecule has 3 aliphatic carbocycles. The van der Waals surface area contributed by atoms with Crippen molar-refractivity contribution in [1.82, 2.24) is 0 Å². The first-order chi connectivity index (χ1) is 16.1. The lowest BCUT2D eigenvalue weighted by Crippen LogP contribution is -2.30. The van der Waals surface area contributed by atoms with Gasteiger partial charge in [-0.3, -0.25) is 0 Å². The third-order valence-electron chi connectivity index (χ3n) is 8.36.